The number of likely N-dealkylation sites (tertiary alicyclic amines) is 1. The summed E-state index contributed by atoms with van der Waals surface area (Å²) in [5, 5.41) is 2.92. The molecule has 144 valence electrons. The normalized spacial score (nSPS) is 30.9. The van der Waals surface area contributed by atoms with Gasteiger partial charge >= 0.3 is 6.03 Å². The highest BCUT2D eigenvalue weighted by Gasteiger charge is 2.55. The van der Waals surface area contributed by atoms with E-state index in [4.69, 9.17) is 0 Å². The highest BCUT2D eigenvalue weighted by Crippen LogP contribution is 2.38. The van der Waals surface area contributed by atoms with Gasteiger partial charge in [0, 0.05) is 18.9 Å². The molecule has 1 N–H and O–H groups in total. The molecule has 2 aliphatic heterocycles. The number of rotatable bonds is 3. The second-order valence-electron chi connectivity index (χ2n) is 7.97. The van der Waals surface area contributed by atoms with Crippen LogP contribution in [0.5, 0.6) is 0 Å². The minimum absolute atomic E-state index is 0.0103. The van der Waals surface area contributed by atoms with Gasteiger partial charge in [-0.1, -0.05) is 19.8 Å². The number of carbonyl (C=O) groups is 3. The van der Waals surface area contributed by atoms with Crippen LogP contribution in [-0.4, -0.2) is 51.3 Å². The van der Waals surface area contributed by atoms with E-state index in [1.807, 2.05) is 19.1 Å². The quantitative estimate of drug-likeness (QED) is 0.827. The smallest absolute Gasteiger partial charge is 0.325 e. The highest BCUT2D eigenvalue weighted by molar-refractivity contribution is 6.09. The summed E-state index contributed by atoms with van der Waals surface area (Å²) in [5.74, 6) is -0.301. The maximum atomic E-state index is 13.1. The van der Waals surface area contributed by atoms with Crippen LogP contribution in [0.15, 0.2) is 24.5 Å². The van der Waals surface area contributed by atoms with Crippen LogP contribution in [0, 0.1) is 5.92 Å². The summed E-state index contributed by atoms with van der Waals surface area (Å²) in [7, 11) is 0. The Bertz CT molecular complexity index is 753. The van der Waals surface area contributed by atoms with E-state index < -0.39 is 11.6 Å². The van der Waals surface area contributed by atoms with Gasteiger partial charge in [0.2, 0.25) is 5.91 Å². The Kier molecular flexibility index (Phi) is 4.61. The third-order valence-corrected chi connectivity index (χ3v) is 6.46. The molecule has 1 saturated carbocycles. The Labute approximate surface area is 159 Å². The monoisotopic (exact) mass is 370 g/mol. The third-order valence-electron chi connectivity index (χ3n) is 6.46. The van der Waals surface area contributed by atoms with Gasteiger partial charge in [-0.25, -0.2) is 4.79 Å². The molecule has 1 spiro atoms. The van der Waals surface area contributed by atoms with E-state index in [2.05, 4.69) is 10.3 Å². The number of urea groups is 1. The van der Waals surface area contributed by atoms with Gasteiger partial charge in [0.25, 0.3) is 5.91 Å². The van der Waals surface area contributed by atoms with Crippen LogP contribution < -0.4 is 5.32 Å². The molecule has 4 rings (SSSR count). The van der Waals surface area contributed by atoms with E-state index in [0.717, 1.165) is 42.6 Å². The van der Waals surface area contributed by atoms with Crippen molar-refractivity contribution in [2.24, 2.45) is 5.92 Å². The lowest BCUT2D eigenvalue weighted by atomic mass is 9.73. The SMILES string of the molecule is C[C@@H]1CCCC[C@@]12NC(=O)N(CC(=O)N1CCC[C@H]1c1ccncc1)C2=O. The molecule has 1 aliphatic carbocycles. The zero-order valence-electron chi connectivity index (χ0n) is 15.7. The number of aromatic nitrogens is 1. The van der Waals surface area contributed by atoms with Gasteiger partial charge in [0.05, 0.1) is 6.04 Å². The van der Waals surface area contributed by atoms with E-state index in [0.29, 0.717) is 13.0 Å². The van der Waals surface area contributed by atoms with Crippen molar-refractivity contribution in [1.29, 1.82) is 0 Å². The molecule has 0 radical (unpaired) electrons. The van der Waals surface area contributed by atoms with Gasteiger partial charge in [-0.15, -0.1) is 0 Å². The minimum atomic E-state index is -0.814. The van der Waals surface area contributed by atoms with E-state index in [9.17, 15) is 14.4 Å². The van der Waals surface area contributed by atoms with E-state index in [1.54, 1.807) is 17.3 Å². The minimum Gasteiger partial charge on any atom is -0.334 e. The molecule has 27 heavy (non-hydrogen) atoms. The van der Waals surface area contributed by atoms with E-state index >= 15 is 0 Å². The van der Waals surface area contributed by atoms with Crippen molar-refractivity contribution in [3.05, 3.63) is 30.1 Å². The summed E-state index contributed by atoms with van der Waals surface area (Å²) in [6.07, 6.45) is 8.83. The van der Waals surface area contributed by atoms with Gasteiger partial charge in [-0.3, -0.25) is 19.5 Å². The number of hydrogen-bond acceptors (Lipinski definition) is 4. The van der Waals surface area contributed by atoms with E-state index in [1.165, 1.54) is 0 Å². The molecule has 0 unspecified atom stereocenters. The maximum absolute atomic E-state index is 13.1. The van der Waals surface area contributed by atoms with Crippen LogP contribution >= 0.6 is 0 Å². The summed E-state index contributed by atoms with van der Waals surface area (Å²) >= 11 is 0. The fourth-order valence-electron chi connectivity index (χ4n) is 4.86. The van der Waals surface area contributed by atoms with Crippen molar-refractivity contribution in [2.75, 3.05) is 13.1 Å². The lowest BCUT2D eigenvalue weighted by Gasteiger charge is -2.36. The molecule has 0 bridgehead atoms. The van der Waals surface area contributed by atoms with Crippen molar-refractivity contribution in [2.45, 2.75) is 57.0 Å². The summed E-state index contributed by atoms with van der Waals surface area (Å²) in [6, 6.07) is 3.40. The van der Waals surface area contributed by atoms with Crippen molar-refractivity contribution in [3.8, 4) is 0 Å². The van der Waals surface area contributed by atoms with Gasteiger partial charge in [0.15, 0.2) is 0 Å². The highest BCUT2D eigenvalue weighted by atomic mass is 16.2. The topological polar surface area (TPSA) is 82.6 Å². The molecule has 0 aromatic carbocycles. The maximum Gasteiger partial charge on any atom is 0.325 e. The lowest BCUT2D eigenvalue weighted by Crippen LogP contribution is -2.54. The summed E-state index contributed by atoms with van der Waals surface area (Å²) in [4.78, 5) is 45.5. The van der Waals surface area contributed by atoms with Crippen molar-refractivity contribution in [1.82, 2.24) is 20.1 Å². The molecule has 3 atom stereocenters. The molecule has 1 aromatic rings. The zero-order chi connectivity index (χ0) is 19.0. The predicted molar refractivity (Wildman–Crippen MR) is 98.5 cm³/mol. The number of carbonyl (C=O) groups excluding carboxylic acids is 3. The molecular formula is C20H26N4O3. The number of nitrogens with zero attached hydrogens (tertiary/aromatic N) is 3. The lowest BCUT2D eigenvalue weighted by molar-refractivity contribution is -0.141. The summed E-state index contributed by atoms with van der Waals surface area (Å²) < 4.78 is 0. The molecular weight excluding hydrogens is 344 g/mol. The Hall–Kier alpha value is -2.44. The third kappa shape index (κ3) is 2.99. The van der Waals surface area contributed by atoms with Crippen LogP contribution in [0.1, 0.15) is 57.1 Å². The second-order valence-corrected chi connectivity index (χ2v) is 7.97. The first-order chi connectivity index (χ1) is 13.0. The molecule has 2 saturated heterocycles. The number of hydrogen-bond donors (Lipinski definition) is 1. The largest absolute Gasteiger partial charge is 0.334 e. The van der Waals surface area contributed by atoms with Crippen LogP contribution in [0.3, 0.4) is 0 Å². The standard InChI is InChI=1S/C20H26N4O3/c1-14-5-2-3-9-20(14)18(26)24(19(27)22-20)13-17(25)23-12-4-6-16(23)15-7-10-21-11-8-15/h7-8,10-11,14,16H,2-6,9,12-13H2,1H3,(H,22,27)/t14-,16+,20-/m1/s1. The predicted octanol–water partition coefficient (Wildman–Crippen LogP) is 2.25. The van der Waals surface area contributed by atoms with Crippen LogP contribution in [0.25, 0.3) is 0 Å². The fraction of sp³-hybridized carbons (Fsp3) is 0.600. The van der Waals surface area contributed by atoms with Crippen molar-refractivity contribution < 1.29 is 14.4 Å². The van der Waals surface area contributed by atoms with Gasteiger partial charge in [0.1, 0.15) is 12.1 Å². The van der Waals surface area contributed by atoms with Gasteiger partial charge < -0.3 is 10.2 Å². The number of nitrogens with one attached hydrogen (secondary N) is 1. The molecule has 3 fully saturated rings. The second kappa shape index (κ2) is 6.94. The number of pyridine rings is 1. The molecule has 1 aromatic heterocycles. The first kappa shape index (κ1) is 17.9. The van der Waals surface area contributed by atoms with Crippen molar-refractivity contribution >= 4 is 17.8 Å². The molecule has 3 aliphatic rings. The molecule has 3 heterocycles. The Morgan fingerprint density at radius 2 is 2.00 bits per heavy atom. The first-order valence-electron chi connectivity index (χ1n) is 9.86. The van der Waals surface area contributed by atoms with Crippen molar-refractivity contribution in [3.63, 3.8) is 0 Å². The first-order valence-corrected chi connectivity index (χ1v) is 9.86. The molecule has 4 amide bonds. The summed E-state index contributed by atoms with van der Waals surface area (Å²) in [6.45, 7) is 2.49. The Morgan fingerprint density at radius 1 is 1.22 bits per heavy atom. The van der Waals surface area contributed by atoms with Gasteiger partial charge in [-0.05, 0) is 49.3 Å². The van der Waals surface area contributed by atoms with Crippen LogP contribution in [0.4, 0.5) is 4.79 Å². The van der Waals surface area contributed by atoms with Crippen LogP contribution in [0.2, 0.25) is 0 Å². The van der Waals surface area contributed by atoms with Crippen LogP contribution in [-0.2, 0) is 9.59 Å². The summed E-state index contributed by atoms with van der Waals surface area (Å²) in [5.41, 5.74) is 0.232. The van der Waals surface area contributed by atoms with E-state index in [-0.39, 0.29) is 30.3 Å². The molecule has 7 heteroatoms. The Balaban J connectivity index is 1.49. The number of amides is 4. The average molecular weight is 370 g/mol. The number of imide groups is 1. The Morgan fingerprint density at radius 3 is 2.74 bits per heavy atom. The zero-order valence-corrected chi connectivity index (χ0v) is 15.7. The average Bonchev–Trinajstić information content (AvgIpc) is 3.25. The molecule has 7 nitrogen and oxygen atoms in total. The fourth-order valence-corrected chi connectivity index (χ4v) is 4.86. The van der Waals surface area contributed by atoms with Gasteiger partial charge in [-0.2, -0.15) is 0 Å².